The maximum Gasteiger partial charge on any atom is 0.308 e. The molecular formula is C25H20NO4+. The molecule has 5 heterocycles. The summed E-state index contributed by atoms with van der Waals surface area (Å²) in [4.78, 5) is 11.9. The van der Waals surface area contributed by atoms with E-state index in [9.17, 15) is 4.79 Å². The lowest BCUT2D eigenvalue weighted by Gasteiger charge is -2.48. The van der Waals surface area contributed by atoms with E-state index >= 15 is 0 Å². The minimum Gasteiger partial charge on any atom is -0.472 e. The van der Waals surface area contributed by atoms with Crippen molar-refractivity contribution in [1.29, 1.82) is 0 Å². The number of fused-ring (bicyclic) bond motifs is 1. The van der Waals surface area contributed by atoms with Gasteiger partial charge < -0.3 is 13.6 Å². The Morgan fingerprint density at radius 3 is 2.47 bits per heavy atom. The van der Waals surface area contributed by atoms with Crippen LogP contribution in [0.1, 0.15) is 53.3 Å². The van der Waals surface area contributed by atoms with Gasteiger partial charge in [0.15, 0.2) is 17.9 Å². The first kappa shape index (κ1) is 17.3. The molecule has 3 aromatic heterocycles. The van der Waals surface area contributed by atoms with Crippen molar-refractivity contribution in [3.63, 3.8) is 0 Å². The van der Waals surface area contributed by atoms with Crippen molar-refractivity contribution in [1.82, 2.24) is 0 Å². The Morgan fingerprint density at radius 1 is 1.03 bits per heavy atom. The monoisotopic (exact) mass is 398 g/mol. The van der Waals surface area contributed by atoms with E-state index in [1.54, 1.807) is 12.5 Å². The highest BCUT2D eigenvalue weighted by Crippen LogP contribution is 2.61. The molecule has 1 aromatic carbocycles. The second kappa shape index (κ2) is 6.20. The van der Waals surface area contributed by atoms with Gasteiger partial charge in [0, 0.05) is 47.7 Å². The highest BCUT2D eigenvalue weighted by molar-refractivity contribution is 5.71. The summed E-state index contributed by atoms with van der Waals surface area (Å²) in [5.41, 5.74) is 5.25. The lowest BCUT2D eigenvalue weighted by Crippen LogP contribution is -2.60. The summed E-state index contributed by atoms with van der Waals surface area (Å²) in [5, 5.41) is 0. The molecule has 5 nitrogen and oxygen atoms in total. The van der Waals surface area contributed by atoms with Crippen LogP contribution in [0.4, 0.5) is 0 Å². The number of rotatable bonds is 3. The molecule has 148 valence electrons. The molecule has 0 amide bonds. The molecule has 2 bridgehead atoms. The zero-order chi connectivity index (χ0) is 20.3. The van der Waals surface area contributed by atoms with Crippen molar-refractivity contribution < 1.29 is 22.9 Å². The van der Waals surface area contributed by atoms with E-state index in [2.05, 4.69) is 35.0 Å². The van der Waals surface area contributed by atoms with Crippen LogP contribution in [0, 0.1) is 0 Å². The van der Waals surface area contributed by atoms with E-state index in [4.69, 9.17) is 13.6 Å². The molecule has 2 aliphatic heterocycles. The Bertz CT molecular complexity index is 1210. The standard InChI is InChI=1S/C25H20NO4/c1-16(27)30-22-7-4-5-19-21-13-25(17-8-11-28-14-17,18-9-12-29-15-18)24(23(19)22)20-6-2-3-10-26(20)21/h2-12,14-15,21,24H,13H2,1H3/q+1. The summed E-state index contributed by atoms with van der Waals surface area (Å²) in [6.45, 7) is 1.45. The normalized spacial score (nSPS) is 20.4. The SMILES string of the molecule is CC(=O)Oc1cccc2c1C1c3cccc[n+]3C2CC1(c1ccoc1)c1ccoc1. The minimum atomic E-state index is -0.394. The van der Waals surface area contributed by atoms with Crippen LogP contribution in [0.25, 0.3) is 0 Å². The second-order valence-electron chi connectivity index (χ2n) is 8.03. The van der Waals surface area contributed by atoms with E-state index < -0.39 is 5.41 Å². The summed E-state index contributed by atoms with van der Waals surface area (Å²) in [6.07, 6.45) is 10.1. The molecule has 0 fully saturated rings. The number of hydrogen-bond donors (Lipinski definition) is 0. The predicted molar refractivity (Wildman–Crippen MR) is 107 cm³/mol. The van der Waals surface area contributed by atoms with Crippen molar-refractivity contribution in [2.45, 2.75) is 30.7 Å². The molecule has 3 aliphatic rings. The van der Waals surface area contributed by atoms with E-state index in [-0.39, 0.29) is 17.9 Å². The molecule has 0 saturated carbocycles. The molecule has 2 atom stereocenters. The van der Waals surface area contributed by atoms with Crippen molar-refractivity contribution >= 4 is 5.97 Å². The molecule has 4 aromatic rings. The molecule has 1 aliphatic carbocycles. The molecule has 0 spiro atoms. The van der Waals surface area contributed by atoms with Gasteiger partial charge in [0.2, 0.25) is 0 Å². The number of ether oxygens (including phenoxy) is 1. The Morgan fingerprint density at radius 2 is 1.80 bits per heavy atom. The smallest absolute Gasteiger partial charge is 0.308 e. The fraction of sp³-hybridized carbons (Fsp3) is 0.200. The number of pyridine rings is 1. The summed E-state index contributed by atoms with van der Waals surface area (Å²) < 4.78 is 19.2. The van der Waals surface area contributed by atoms with E-state index in [1.807, 2.05) is 36.8 Å². The summed E-state index contributed by atoms with van der Waals surface area (Å²) in [7, 11) is 0. The largest absolute Gasteiger partial charge is 0.472 e. The van der Waals surface area contributed by atoms with Gasteiger partial charge in [-0.1, -0.05) is 18.2 Å². The zero-order valence-electron chi connectivity index (χ0n) is 16.4. The Kier molecular flexibility index (Phi) is 3.57. The van der Waals surface area contributed by atoms with Crippen LogP contribution in [-0.4, -0.2) is 5.97 Å². The number of aromatic nitrogens is 1. The summed E-state index contributed by atoms with van der Waals surface area (Å²) >= 11 is 0. The van der Waals surface area contributed by atoms with Crippen molar-refractivity contribution in [2.75, 3.05) is 0 Å². The van der Waals surface area contributed by atoms with Crippen LogP contribution in [-0.2, 0) is 10.2 Å². The first-order valence-electron chi connectivity index (χ1n) is 10.1. The average molecular weight is 398 g/mol. The van der Waals surface area contributed by atoms with Gasteiger partial charge in [-0.15, -0.1) is 0 Å². The van der Waals surface area contributed by atoms with Crippen molar-refractivity contribution in [3.05, 3.63) is 108 Å². The third kappa shape index (κ3) is 2.17. The van der Waals surface area contributed by atoms with Crippen molar-refractivity contribution in [3.8, 4) is 5.75 Å². The predicted octanol–water partition coefficient (Wildman–Crippen LogP) is 4.51. The molecule has 5 heteroatoms. The minimum absolute atomic E-state index is 0.0653. The topological polar surface area (TPSA) is 56.5 Å². The first-order chi connectivity index (χ1) is 14.7. The van der Waals surface area contributed by atoms with Gasteiger partial charge in [-0.25, -0.2) is 0 Å². The van der Waals surface area contributed by atoms with Crippen LogP contribution in [0.15, 0.2) is 88.6 Å². The van der Waals surface area contributed by atoms with Crippen LogP contribution in [0.3, 0.4) is 0 Å². The Hall–Kier alpha value is -3.60. The third-order valence-electron chi connectivity index (χ3n) is 6.64. The number of furan rings is 2. The Labute approximate surface area is 173 Å². The molecule has 2 unspecified atom stereocenters. The van der Waals surface area contributed by atoms with Gasteiger partial charge in [-0.3, -0.25) is 4.79 Å². The number of benzene rings is 1. The summed E-state index contributed by atoms with van der Waals surface area (Å²) in [5.74, 6) is 0.244. The van der Waals surface area contributed by atoms with E-state index in [0.29, 0.717) is 5.75 Å². The lowest BCUT2D eigenvalue weighted by molar-refractivity contribution is -0.732. The van der Waals surface area contributed by atoms with Gasteiger partial charge >= 0.3 is 5.97 Å². The first-order valence-corrected chi connectivity index (χ1v) is 10.1. The quantitative estimate of drug-likeness (QED) is 0.289. The zero-order valence-corrected chi connectivity index (χ0v) is 16.4. The molecule has 0 N–H and O–H groups in total. The van der Waals surface area contributed by atoms with Crippen LogP contribution < -0.4 is 9.30 Å². The highest BCUT2D eigenvalue weighted by Gasteiger charge is 2.61. The molecular weight excluding hydrogens is 378 g/mol. The van der Waals surface area contributed by atoms with Crippen LogP contribution in [0.2, 0.25) is 0 Å². The van der Waals surface area contributed by atoms with Gasteiger partial charge in [-0.2, -0.15) is 4.57 Å². The van der Waals surface area contributed by atoms with Gasteiger partial charge in [0.1, 0.15) is 5.75 Å². The van der Waals surface area contributed by atoms with Crippen LogP contribution in [0.5, 0.6) is 5.75 Å². The average Bonchev–Trinajstić information content (AvgIpc) is 3.48. The Balaban J connectivity index is 1.71. The number of hydrogen-bond acceptors (Lipinski definition) is 4. The maximum atomic E-state index is 11.9. The lowest BCUT2D eigenvalue weighted by atomic mass is 9.54. The molecule has 30 heavy (non-hydrogen) atoms. The molecule has 0 saturated heterocycles. The fourth-order valence-corrected chi connectivity index (χ4v) is 5.60. The molecule has 0 radical (unpaired) electrons. The number of esters is 1. The van der Waals surface area contributed by atoms with Gasteiger partial charge in [-0.05, 0) is 18.2 Å². The van der Waals surface area contributed by atoms with Crippen molar-refractivity contribution in [2.24, 2.45) is 0 Å². The number of carbonyl (C=O) groups excluding carboxylic acids is 1. The highest BCUT2D eigenvalue weighted by atomic mass is 16.5. The fourth-order valence-electron chi connectivity index (χ4n) is 5.60. The number of carbonyl (C=O) groups is 1. The van der Waals surface area contributed by atoms with E-state index in [0.717, 1.165) is 23.1 Å². The van der Waals surface area contributed by atoms with Gasteiger partial charge in [0.25, 0.3) is 0 Å². The third-order valence-corrected chi connectivity index (χ3v) is 6.64. The number of nitrogens with zero attached hydrogens (tertiary/aromatic N) is 1. The van der Waals surface area contributed by atoms with Crippen LogP contribution >= 0.6 is 0 Å². The van der Waals surface area contributed by atoms with E-state index in [1.165, 1.54) is 18.2 Å². The summed E-state index contributed by atoms with van der Waals surface area (Å²) in [6, 6.07) is 16.5. The second-order valence-corrected chi connectivity index (χ2v) is 8.03. The van der Waals surface area contributed by atoms with Gasteiger partial charge in [0.05, 0.1) is 36.4 Å². The molecule has 7 rings (SSSR count). The maximum absolute atomic E-state index is 11.9.